The largest absolute Gasteiger partial charge is 0.458 e. The third kappa shape index (κ3) is 5.61. The third-order valence-corrected chi connectivity index (χ3v) is 7.03. The fourth-order valence-electron chi connectivity index (χ4n) is 5.18. The van der Waals surface area contributed by atoms with Crippen LogP contribution in [0.1, 0.15) is 71.0 Å². The van der Waals surface area contributed by atoms with Gasteiger partial charge in [-0.1, -0.05) is 5.21 Å². The van der Waals surface area contributed by atoms with Crippen LogP contribution in [0.5, 0.6) is 0 Å². The Bertz CT molecular complexity index is 1340. The minimum Gasteiger partial charge on any atom is -0.458 e. The molecule has 2 aromatic heterocycles. The van der Waals surface area contributed by atoms with Crippen LogP contribution >= 0.6 is 0 Å². The molecule has 2 N–H and O–H groups in total. The van der Waals surface area contributed by atoms with Crippen LogP contribution < -0.4 is 11.1 Å². The number of hydrogen-bond acceptors (Lipinski definition) is 8. The molecule has 0 bridgehead atoms. The molecule has 1 amide bonds. The quantitative estimate of drug-likeness (QED) is 0.479. The highest BCUT2D eigenvalue weighted by atomic mass is 16.6. The number of rotatable bonds is 6. The number of oxazole rings is 1. The molecule has 1 aliphatic carbocycles. The minimum atomic E-state index is -1.02. The molecule has 3 heterocycles. The fraction of sp³-hybridized carbons (Fsp3) is 0.577. The first-order valence-electron chi connectivity index (χ1n) is 12.8. The fourth-order valence-corrected chi connectivity index (χ4v) is 5.18. The maximum atomic E-state index is 12.9. The highest BCUT2D eigenvalue weighted by Gasteiger charge is 2.46. The van der Waals surface area contributed by atoms with E-state index < -0.39 is 17.0 Å². The van der Waals surface area contributed by atoms with Crippen LogP contribution in [-0.2, 0) is 25.5 Å². The molecule has 2 aliphatic rings. The lowest BCUT2D eigenvalue weighted by Crippen LogP contribution is -2.45. The van der Waals surface area contributed by atoms with Gasteiger partial charge in [0.05, 0.1) is 17.3 Å². The Balaban J connectivity index is 1.17. The van der Waals surface area contributed by atoms with Crippen LogP contribution in [0.15, 0.2) is 33.6 Å². The van der Waals surface area contributed by atoms with E-state index in [0.717, 1.165) is 32.1 Å². The van der Waals surface area contributed by atoms with Gasteiger partial charge in [0.2, 0.25) is 5.91 Å². The van der Waals surface area contributed by atoms with Crippen LogP contribution in [0.25, 0.3) is 11.1 Å². The van der Waals surface area contributed by atoms with Crippen LogP contribution in [0.4, 0.5) is 5.69 Å². The predicted molar refractivity (Wildman–Crippen MR) is 134 cm³/mol. The SMILES string of the molecule is CC(C)(C)OC(=O)C1(Cc2cn(C3CCC(C(=O)Nc4ccc5oc(=O)[nH]c5c4)CC3)nn2)CCCO1. The van der Waals surface area contributed by atoms with Crippen molar-refractivity contribution in [2.24, 2.45) is 5.92 Å². The summed E-state index contributed by atoms with van der Waals surface area (Å²) in [6, 6.07) is 5.21. The number of nitrogens with zero attached hydrogens (tertiary/aromatic N) is 3. The number of fused-ring (bicyclic) bond motifs is 1. The van der Waals surface area contributed by atoms with E-state index >= 15 is 0 Å². The van der Waals surface area contributed by atoms with E-state index in [1.807, 2.05) is 31.6 Å². The summed E-state index contributed by atoms with van der Waals surface area (Å²) in [4.78, 5) is 39.7. The zero-order valence-corrected chi connectivity index (χ0v) is 21.4. The van der Waals surface area contributed by atoms with Crippen molar-refractivity contribution in [2.75, 3.05) is 11.9 Å². The number of nitrogens with one attached hydrogen (secondary N) is 2. The van der Waals surface area contributed by atoms with Crippen molar-refractivity contribution in [3.63, 3.8) is 0 Å². The number of ether oxygens (including phenoxy) is 2. The molecular formula is C26H33N5O6. The number of carbonyl (C=O) groups excluding carboxylic acids is 2. The van der Waals surface area contributed by atoms with E-state index in [4.69, 9.17) is 13.9 Å². The molecule has 1 aromatic carbocycles. The normalized spacial score (nSPS) is 24.3. The lowest BCUT2D eigenvalue weighted by Gasteiger charge is -2.30. The van der Waals surface area contributed by atoms with Crippen molar-refractivity contribution in [1.82, 2.24) is 20.0 Å². The number of hydrogen-bond donors (Lipinski definition) is 2. The molecule has 1 atom stereocenters. The van der Waals surface area contributed by atoms with Crippen molar-refractivity contribution in [2.45, 2.75) is 83.0 Å². The highest BCUT2D eigenvalue weighted by Crippen LogP contribution is 2.35. The molecule has 11 nitrogen and oxygen atoms in total. The first kappa shape index (κ1) is 25.2. The topological polar surface area (TPSA) is 141 Å². The summed E-state index contributed by atoms with van der Waals surface area (Å²) in [5, 5.41) is 11.6. The summed E-state index contributed by atoms with van der Waals surface area (Å²) in [6.45, 7) is 6.06. The van der Waals surface area contributed by atoms with Gasteiger partial charge in [-0.3, -0.25) is 9.78 Å². The Morgan fingerprint density at radius 1 is 1.24 bits per heavy atom. The third-order valence-electron chi connectivity index (χ3n) is 7.03. The first-order chi connectivity index (χ1) is 17.6. The summed E-state index contributed by atoms with van der Waals surface area (Å²) < 4.78 is 18.4. The summed E-state index contributed by atoms with van der Waals surface area (Å²) in [6.07, 6.45) is 6.64. The number of amides is 1. The zero-order chi connectivity index (χ0) is 26.2. The minimum absolute atomic E-state index is 0.0411. The van der Waals surface area contributed by atoms with E-state index in [9.17, 15) is 14.4 Å². The monoisotopic (exact) mass is 511 g/mol. The molecule has 198 valence electrons. The zero-order valence-electron chi connectivity index (χ0n) is 21.4. The van der Waals surface area contributed by atoms with Crippen molar-refractivity contribution in [1.29, 1.82) is 0 Å². The highest BCUT2D eigenvalue weighted by molar-refractivity contribution is 5.94. The Hall–Kier alpha value is -3.47. The number of benzene rings is 1. The Kier molecular flexibility index (Phi) is 6.65. The maximum Gasteiger partial charge on any atom is 0.417 e. The van der Waals surface area contributed by atoms with Gasteiger partial charge in [0.15, 0.2) is 11.2 Å². The van der Waals surface area contributed by atoms with Crippen LogP contribution in [0.3, 0.4) is 0 Å². The second kappa shape index (κ2) is 9.77. The molecule has 3 aromatic rings. The molecule has 1 aliphatic heterocycles. The summed E-state index contributed by atoms with van der Waals surface area (Å²) in [5.41, 5.74) is 0.697. The Labute approximate surface area is 213 Å². The molecule has 0 radical (unpaired) electrons. The van der Waals surface area contributed by atoms with E-state index in [1.165, 1.54) is 0 Å². The van der Waals surface area contributed by atoms with Crippen molar-refractivity contribution >= 4 is 28.7 Å². The maximum absolute atomic E-state index is 12.9. The standard InChI is InChI=1S/C26H33N5O6/c1-25(2,3)37-23(33)26(11-4-12-35-26)14-18-15-31(30-29-18)19-8-5-16(6-9-19)22(32)27-17-7-10-21-20(13-17)28-24(34)36-21/h7,10,13,15-16,19H,4-6,8-9,11-12,14H2,1-3H3,(H,27,32)(H,28,34). The smallest absolute Gasteiger partial charge is 0.417 e. The van der Waals surface area contributed by atoms with Gasteiger partial charge in [0, 0.05) is 30.8 Å². The molecule has 1 saturated carbocycles. The van der Waals surface area contributed by atoms with E-state index in [0.29, 0.717) is 41.9 Å². The Morgan fingerprint density at radius 3 is 2.73 bits per heavy atom. The molecule has 1 unspecified atom stereocenters. The van der Waals surface area contributed by atoms with Gasteiger partial charge in [-0.25, -0.2) is 14.3 Å². The number of aromatic amines is 1. The number of H-pyrrole nitrogens is 1. The van der Waals surface area contributed by atoms with Crippen molar-refractivity contribution < 1.29 is 23.5 Å². The summed E-state index contributed by atoms with van der Waals surface area (Å²) >= 11 is 0. The second-order valence-corrected chi connectivity index (χ2v) is 11.0. The summed E-state index contributed by atoms with van der Waals surface area (Å²) in [5.74, 6) is -1.03. The molecular weight excluding hydrogens is 478 g/mol. The number of carbonyl (C=O) groups is 2. The molecule has 1 saturated heterocycles. The molecule has 11 heteroatoms. The van der Waals surface area contributed by atoms with Gasteiger partial charge >= 0.3 is 11.7 Å². The first-order valence-corrected chi connectivity index (χ1v) is 12.8. The van der Waals surface area contributed by atoms with Gasteiger partial charge in [-0.15, -0.1) is 5.10 Å². The molecule has 5 rings (SSSR count). The average Bonchev–Trinajstić information content (AvgIpc) is 3.58. The van der Waals surface area contributed by atoms with Crippen LogP contribution in [0.2, 0.25) is 0 Å². The van der Waals surface area contributed by atoms with Crippen LogP contribution in [0, 0.1) is 5.92 Å². The van der Waals surface area contributed by atoms with Crippen molar-refractivity contribution in [3.05, 3.63) is 40.6 Å². The lowest BCUT2D eigenvalue weighted by molar-refractivity contribution is -0.178. The van der Waals surface area contributed by atoms with Crippen LogP contribution in [-0.4, -0.2) is 49.7 Å². The number of esters is 1. The van der Waals surface area contributed by atoms with Gasteiger partial charge in [0.25, 0.3) is 0 Å². The number of aromatic nitrogens is 4. The lowest BCUT2D eigenvalue weighted by atomic mass is 9.85. The van der Waals surface area contributed by atoms with Crippen molar-refractivity contribution in [3.8, 4) is 0 Å². The second-order valence-electron chi connectivity index (χ2n) is 11.0. The van der Waals surface area contributed by atoms with Gasteiger partial charge in [0.1, 0.15) is 5.60 Å². The van der Waals surface area contributed by atoms with Gasteiger partial charge < -0.3 is 19.2 Å². The Morgan fingerprint density at radius 2 is 2.03 bits per heavy atom. The molecule has 2 fully saturated rings. The molecule has 37 heavy (non-hydrogen) atoms. The van der Waals surface area contributed by atoms with Gasteiger partial charge in [-0.05, 0) is 77.5 Å². The number of anilines is 1. The van der Waals surface area contributed by atoms with E-state index in [-0.39, 0.29) is 23.8 Å². The van der Waals surface area contributed by atoms with E-state index in [1.54, 1.807) is 18.2 Å². The molecule has 0 spiro atoms. The van der Waals surface area contributed by atoms with Gasteiger partial charge in [-0.2, -0.15) is 0 Å². The average molecular weight is 512 g/mol. The predicted octanol–water partition coefficient (Wildman–Crippen LogP) is 3.52. The van der Waals surface area contributed by atoms with E-state index in [2.05, 4.69) is 20.6 Å². The summed E-state index contributed by atoms with van der Waals surface area (Å²) in [7, 11) is 0.